The van der Waals surface area contributed by atoms with Crippen molar-refractivity contribution in [1.29, 1.82) is 0 Å². The molecule has 2 aromatic carbocycles. The lowest BCUT2D eigenvalue weighted by atomic mass is 10.0. The Balaban J connectivity index is 1.79. The monoisotopic (exact) mass is 472 g/mol. The number of fused-ring (bicyclic) bond motifs is 1. The van der Waals surface area contributed by atoms with Gasteiger partial charge in [-0.3, -0.25) is 9.71 Å². The standard InChI is InChI=1S/C22H18F2N4O4S/c1-31-21-15-7-12(3-5-18(15)26-11-17(21)25)13-8-19(22(32-2)27-10-13)28-33(29,30)20-6-4-14(23)9-16(20)24/h3-11,28H,25H2,1-2H3. The van der Waals surface area contributed by atoms with Crippen molar-refractivity contribution in [2.75, 3.05) is 24.7 Å². The van der Waals surface area contributed by atoms with Gasteiger partial charge in [0, 0.05) is 23.2 Å². The molecule has 0 aliphatic carbocycles. The lowest BCUT2D eigenvalue weighted by Crippen LogP contribution is -2.15. The number of hydrogen-bond acceptors (Lipinski definition) is 7. The van der Waals surface area contributed by atoms with E-state index in [9.17, 15) is 17.2 Å². The number of sulfonamides is 1. The highest BCUT2D eigenvalue weighted by molar-refractivity contribution is 7.92. The molecule has 0 saturated carbocycles. The maximum Gasteiger partial charge on any atom is 0.264 e. The van der Waals surface area contributed by atoms with E-state index in [1.165, 1.54) is 32.7 Å². The third-order valence-electron chi connectivity index (χ3n) is 4.86. The summed E-state index contributed by atoms with van der Waals surface area (Å²) >= 11 is 0. The molecular weight excluding hydrogens is 454 g/mol. The van der Waals surface area contributed by atoms with Crippen molar-refractivity contribution < 1.29 is 26.7 Å². The van der Waals surface area contributed by atoms with Gasteiger partial charge in [0.1, 0.15) is 22.2 Å². The first kappa shape index (κ1) is 22.2. The predicted molar refractivity (Wildman–Crippen MR) is 120 cm³/mol. The minimum absolute atomic E-state index is 0.0310. The molecule has 0 radical (unpaired) electrons. The summed E-state index contributed by atoms with van der Waals surface area (Å²) in [5.41, 5.74) is 8.12. The number of nitrogens with one attached hydrogen (secondary N) is 1. The maximum atomic E-state index is 14.1. The highest BCUT2D eigenvalue weighted by atomic mass is 32.2. The smallest absolute Gasteiger partial charge is 0.264 e. The Morgan fingerprint density at radius 3 is 2.42 bits per heavy atom. The van der Waals surface area contributed by atoms with Gasteiger partial charge >= 0.3 is 0 Å². The average molecular weight is 472 g/mol. The quantitative estimate of drug-likeness (QED) is 0.436. The molecule has 170 valence electrons. The number of nitrogens with zero attached hydrogens (tertiary/aromatic N) is 2. The zero-order valence-corrected chi connectivity index (χ0v) is 18.3. The second-order valence-corrected chi connectivity index (χ2v) is 8.59. The lowest BCUT2D eigenvalue weighted by Gasteiger charge is -2.14. The first-order valence-corrected chi connectivity index (χ1v) is 11.0. The maximum absolute atomic E-state index is 14.1. The first-order chi connectivity index (χ1) is 15.7. The molecule has 3 N–H and O–H groups in total. The molecule has 2 aromatic heterocycles. The Kier molecular flexibility index (Phi) is 5.73. The van der Waals surface area contributed by atoms with Gasteiger partial charge < -0.3 is 15.2 Å². The SMILES string of the molecule is COc1ncc(-c2ccc3ncc(N)c(OC)c3c2)cc1NS(=O)(=O)c1ccc(F)cc1F. The van der Waals surface area contributed by atoms with Crippen LogP contribution >= 0.6 is 0 Å². The van der Waals surface area contributed by atoms with E-state index in [1.807, 2.05) is 0 Å². The van der Waals surface area contributed by atoms with Gasteiger partial charge in [0.15, 0.2) is 5.75 Å². The van der Waals surface area contributed by atoms with Crippen molar-refractivity contribution in [2.24, 2.45) is 0 Å². The van der Waals surface area contributed by atoms with E-state index in [4.69, 9.17) is 15.2 Å². The highest BCUT2D eigenvalue weighted by Gasteiger charge is 2.22. The number of ether oxygens (including phenoxy) is 2. The van der Waals surface area contributed by atoms with Crippen LogP contribution in [0.3, 0.4) is 0 Å². The molecule has 0 fully saturated rings. The molecule has 0 aliphatic heterocycles. The summed E-state index contributed by atoms with van der Waals surface area (Å²) < 4.78 is 65.6. The van der Waals surface area contributed by atoms with E-state index in [-0.39, 0.29) is 11.6 Å². The van der Waals surface area contributed by atoms with Crippen molar-refractivity contribution in [3.8, 4) is 22.8 Å². The zero-order valence-electron chi connectivity index (χ0n) is 17.5. The summed E-state index contributed by atoms with van der Waals surface area (Å²) in [7, 11) is -1.59. The van der Waals surface area contributed by atoms with Crippen LogP contribution in [0.2, 0.25) is 0 Å². The van der Waals surface area contributed by atoms with Gasteiger partial charge in [-0.15, -0.1) is 0 Å². The van der Waals surface area contributed by atoms with Crippen LogP contribution in [0, 0.1) is 11.6 Å². The second kappa shape index (κ2) is 8.51. The molecule has 0 spiro atoms. The molecule has 0 unspecified atom stereocenters. The Morgan fingerprint density at radius 2 is 1.73 bits per heavy atom. The second-order valence-electron chi connectivity index (χ2n) is 6.94. The fourth-order valence-electron chi connectivity index (χ4n) is 3.33. The molecule has 0 amide bonds. The average Bonchev–Trinajstić information content (AvgIpc) is 2.78. The summed E-state index contributed by atoms with van der Waals surface area (Å²) in [6.07, 6.45) is 2.99. The van der Waals surface area contributed by atoms with Crippen molar-refractivity contribution in [1.82, 2.24) is 9.97 Å². The van der Waals surface area contributed by atoms with E-state index >= 15 is 0 Å². The first-order valence-electron chi connectivity index (χ1n) is 9.48. The van der Waals surface area contributed by atoms with Crippen LogP contribution in [0.15, 0.2) is 59.8 Å². The molecule has 0 bridgehead atoms. The van der Waals surface area contributed by atoms with Crippen molar-refractivity contribution >= 4 is 32.3 Å². The van der Waals surface area contributed by atoms with E-state index in [2.05, 4.69) is 14.7 Å². The predicted octanol–water partition coefficient (Wildman–Crippen LogP) is 3.98. The number of nitrogens with two attached hydrogens (primary N) is 1. The van der Waals surface area contributed by atoms with Gasteiger partial charge in [-0.2, -0.15) is 0 Å². The van der Waals surface area contributed by atoms with Crippen LogP contribution in [0.1, 0.15) is 0 Å². The fourth-order valence-corrected chi connectivity index (χ4v) is 4.44. The fraction of sp³-hybridized carbons (Fsp3) is 0.0909. The minimum atomic E-state index is -4.40. The number of hydrogen-bond donors (Lipinski definition) is 2. The van der Waals surface area contributed by atoms with Gasteiger partial charge in [-0.05, 0) is 35.9 Å². The summed E-state index contributed by atoms with van der Waals surface area (Å²) in [5.74, 6) is -1.70. The van der Waals surface area contributed by atoms with Crippen LogP contribution in [-0.2, 0) is 10.0 Å². The Bertz CT molecular complexity index is 1480. The summed E-state index contributed by atoms with van der Waals surface area (Å²) in [5, 5.41) is 0.654. The lowest BCUT2D eigenvalue weighted by molar-refractivity contribution is 0.400. The number of methoxy groups -OCH3 is 2. The molecule has 0 aliphatic rings. The topological polar surface area (TPSA) is 116 Å². The third-order valence-corrected chi connectivity index (χ3v) is 6.25. The van der Waals surface area contributed by atoms with Gasteiger partial charge in [0.2, 0.25) is 5.88 Å². The zero-order chi connectivity index (χ0) is 23.8. The number of aromatic nitrogens is 2. The van der Waals surface area contributed by atoms with Crippen LogP contribution in [0.4, 0.5) is 20.2 Å². The van der Waals surface area contributed by atoms with Crippen molar-refractivity contribution in [2.45, 2.75) is 4.90 Å². The van der Waals surface area contributed by atoms with E-state index in [0.717, 1.165) is 12.1 Å². The number of benzene rings is 2. The number of rotatable bonds is 6. The third kappa shape index (κ3) is 4.22. The molecule has 0 saturated heterocycles. The molecule has 4 aromatic rings. The van der Waals surface area contributed by atoms with Crippen LogP contribution < -0.4 is 19.9 Å². The molecule has 11 heteroatoms. The number of anilines is 2. The van der Waals surface area contributed by atoms with Crippen LogP contribution in [0.5, 0.6) is 11.6 Å². The van der Waals surface area contributed by atoms with Gasteiger partial charge in [0.25, 0.3) is 10.0 Å². The molecule has 0 atom stereocenters. The molecule has 2 heterocycles. The van der Waals surface area contributed by atoms with Gasteiger partial charge in [-0.1, -0.05) is 6.07 Å². The van der Waals surface area contributed by atoms with E-state index < -0.39 is 26.6 Å². The number of nitrogen functional groups attached to an aromatic ring is 1. The highest BCUT2D eigenvalue weighted by Crippen LogP contribution is 2.35. The number of halogens is 2. The Labute approximate surface area is 188 Å². The van der Waals surface area contributed by atoms with Crippen LogP contribution in [0.25, 0.3) is 22.0 Å². The largest absolute Gasteiger partial charge is 0.494 e. The van der Waals surface area contributed by atoms with Crippen molar-refractivity contribution in [3.63, 3.8) is 0 Å². The molecule has 33 heavy (non-hydrogen) atoms. The molecule has 4 rings (SSSR count). The summed E-state index contributed by atoms with van der Waals surface area (Å²) in [4.78, 5) is 7.71. The normalized spacial score (nSPS) is 11.4. The Morgan fingerprint density at radius 1 is 0.939 bits per heavy atom. The Hall–Kier alpha value is -3.99. The minimum Gasteiger partial charge on any atom is -0.494 e. The molecular formula is C22H18F2N4O4S. The van der Waals surface area contributed by atoms with Crippen LogP contribution in [-0.4, -0.2) is 32.6 Å². The van der Waals surface area contributed by atoms with Crippen molar-refractivity contribution in [3.05, 3.63) is 66.5 Å². The summed E-state index contributed by atoms with van der Waals surface area (Å²) in [6.45, 7) is 0. The molecule has 8 nitrogen and oxygen atoms in total. The summed E-state index contributed by atoms with van der Waals surface area (Å²) in [6, 6.07) is 8.97. The van der Waals surface area contributed by atoms with E-state index in [1.54, 1.807) is 18.2 Å². The number of pyridine rings is 2. The van der Waals surface area contributed by atoms with E-state index in [0.29, 0.717) is 39.5 Å². The van der Waals surface area contributed by atoms with Gasteiger partial charge in [0.05, 0.1) is 31.6 Å². The van der Waals surface area contributed by atoms with Gasteiger partial charge in [-0.25, -0.2) is 22.2 Å².